The number of carbonyl (C=O) groups excluding carboxylic acids is 3. The predicted molar refractivity (Wildman–Crippen MR) is 114 cm³/mol. The van der Waals surface area contributed by atoms with E-state index in [0.717, 1.165) is 5.56 Å². The first-order valence-corrected chi connectivity index (χ1v) is 10.6. The van der Waals surface area contributed by atoms with Gasteiger partial charge in [-0.25, -0.2) is 0 Å². The number of carbonyl (C=O) groups is 3. The number of aryl methyl sites for hydroxylation is 1. The van der Waals surface area contributed by atoms with E-state index < -0.39 is 0 Å². The van der Waals surface area contributed by atoms with Crippen molar-refractivity contribution in [3.05, 3.63) is 29.3 Å². The van der Waals surface area contributed by atoms with Gasteiger partial charge in [-0.1, -0.05) is 19.9 Å². The fourth-order valence-electron chi connectivity index (χ4n) is 3.66. The molecule has 2 amide bonds. The maximum atomic E-state index is 12.5. The molecule has 1 saturated heterocycles. The van der Waals surface area contributed by atoms with Crippen LogP contribution in [0, 0.1) is 12.8 Å². The van der Waals surface area contributed by atoms with Crippen molar-refractivity contribution < 1.29 is 23.9 Å². The van der Waals surface area contributed by atoms with E-state index in [1.54, 1.807) is 18.9 Å². The lowest BCUT2D eigenvalue weighted by Crippen LogP contribution is -2.46. The van der Waals surface area contributed by atoms with Gasteiger partial charge < -0.3 is 19.3 Å². The summed E-state index contributed by atoms with van der Waals surface area (Å²) in [5.41, 5.74) is 2.38. The minimum atomic E-state index is -0.254. The molecule has 1 aliphatic heterocycles. The number of likely N-dealkylation sites (tertiary alicyclic amines) is 1. The Balaban J connectivity index is 1.78. The van der Waals surface area contributed by atoms with Crippen LogP contribution in [-0.4, -0.2) is 67.5 Å². The molecule has 2 rings (SSSR count). The summed E-state index contributed by atoms with van der Waals surface area (Å²) in [5.74, 6) is 0.366. The monoisotopic (exact) mass is 418 g/mol. The van der Waals surface area contributed by atoms with E-state index in [1.807, 2.05) is 25.1 Å². The molecule has 0 radical (unpaired) electrons. The van der Waals surface area contributed by atoms with Crippen molar-refractivity contribution in [1.29, 1.82) is 0 Å². The summed E-state index contributed by atoms with van der Waals surface area (Å²) < 4.78 is 10.7. The first kappa shape index (κ1) is 23.7. The molecule has 1 aromatic carbocycles. The van der Waals surface area contributed by atoms with Gasteiger partial charge >= 0.3 is 5.97 Å². The minimum absolute atomic E-state index is 0.00240. The first-order chi connectivity index (χ1) is 14.2. The van der Waals surface area contributed by atoms with E-state index in [1.165, 1.54) is 10.5 Å². The van der Waals surface area contributed by atoms with Crippen LogP contribution in [0.3, 0.4) is 0 Å². The second kappa shape index (κ2) is 11.0. The summed E-state index contributed by atoms with van der Waals surface area (Å²) >= 11 is 0. The number of ether oxygens (including phenoxy) is 2. The van der Waals surface area contributed by atoms with Crippen LogP contribution in [0.15, 0.2) is 18.2 Å². The summed E-state index contributed by atoms with van der Waals surface area (Å²) in [4.78, 5) is 39.8. The van der Waals surface area contributed by atoms with Crippen LogP contribution < -0.4 is 4.74 Å². The maximum Gasteiger partial charge on any atom is 0.309 e. The lowest BCUT2D eigenvalue weighted by molar-refractivity contribution is -0.151. The molecule has 1 fully saturated rings. The van der Waals surface area contributed by atoms with Gasteiger partial charge in [-0.05, 0) is 55.9 Å². The number of hydrogen-bond acceptors (Lipinski definition) is 5. The number of likely N-dealkylation sites (N-methyl/N-ethyl adjacent to an activating group) is 1. The number of piperidine rings is 1. The summed E-state index contributed by atoms with van der Waals surface area (Å²) in [6.45, 7) is 9.34. The third kappa shape index (κ3) is 6.47. The average Bonchev–Trinajstić information content (AvgIpc) is 2.71. The number of hydrogen-bond donors (Lipinski definition) is 0. The van der Waals surface area contributed by atoms with Crippen molar-refractivity contribution in [3.8, 4) is 5.75 Å². The predicted octanol–water partition coefficient (Wildman–Crippen LogP) is 2.76. The zero-order valence-electron chi connectivity index (χ0n) is 18.8. The number of nitrogens with zero attached hydrogens (tertiary/aromatic N) is 2. The second-order valence-electron chi connectivity index (χ2n) is 8.12. The number of benzene rings is 1. The molecular weight excluding hydrogens is 384 g/mol. The van der Waals surface area contributed by atoms with E-state index in [0.29, 0.717) is 44.2 Å². The molecule has 0 atom stereocenters. The van der Waals surface area contributed by atoms with E-state index in [2.05, 4.69) is 13.8 Å². The smallest absolute Gasteiger partial charge is 0.309 e. The molecule has 166 valence electrons. The molecule has 7 nitrogen and oxygen atoms in total. The molecule has 0 saturated carbocycles. The van der Waals surface area contributed by atoms with E-state index in [-0.39, 0.29) is 36.9 Å². The summed E-state index contributed by atoms with van der Waals surface area (Å²) in [6.07, 6.45) is 1.19. The van der Waals surface area contributed by atoms with E-state index >= 15 is 0 Å². The lowest BCUT2D eigenvalue weighted by atomic mass is 9.97. The van der Waals surface area contributed by atoms with Gasteiger partial charge in [0.25, 0.3) is 5.91 Å². The molecule has 0 unspecified atom stereocenters. The van der Waals surface area contributed by atoms with Crippen LogP contribution in [0.5, 0.6) is 5.75 Å². The molecule has 0 aromatic heterocycles. The van der Waals surface area contributed by atoms with Crippen molar-refractivity contribution in [1.82, 2.24) is 9.80 Å². The molecule has 1 aliphatic rings. The van der Waals surface area contributed by atoms with Crippen LogP contribution in [0.2, 0.25) is 0 Å². The largest absolute Gasteiger partial charge is 0.484 e. The zero-order chi connectivity index (χ0) is 22.3. The Morgan fingerprint density at radius 1 is 1.20 bits per heavy atom. The highest BCUT2D eigenvalue weighted by atomic mass is 16.5. The molecule has 0 aliphatic carbocycles. The molecule has 0 N–H and O–H groups in total. The summed E-state index contributed by atoms with van der Waals surface area (Å²) in [7, 11) is 1.60. The topological polar surface area (TPSA) is 76.2 Å². The maximum absolute atomic E-state index is 12.5. The summed E-state index contributed by atoms with van der Waals surface area (Å²) in [6, 6.07) is 5.82. The molecule has 1 aromatic rings. The number of esters is 1. The Morgan fingerprint density at radius 3 is 2.43 bits per heavy atom. The quantitative estimate of drug-likeness (QED) is 0.607. The molecule has 0 spiro atoms. The normalized spacial score (nSPS) is 14.5. The highest BCUT2D eigenvalue weighted by Crippen LogP contribution is 2.23. The Morgan fingerprint density at radius 2 is 1.87 bits per heavy atom. The van der Waals surface area contributed by atoms with Gasteiger partial charge in [-0.15, -0.1) is 0 Å². The van der Waals surface area contributed by atoms with E-state index in [9.17, 15) is 14.4 Å². The van der Waals surface area contributed by atoms with Gasteiger partial charge in [0.2, 0.25) is 5.91 Å². The Hall–Kier alpha value is -2.57. The van der Waals surface area contributed by atoms with Crippen molar-refractivity contribution >= 4 is 17.8 Å². The van der Waals surface area contributed by atoms with Crippen LogP contribution in [0.25, 0.3) is 0 Å². The third-order valence-electron chi connectivity index (χ3n) is 5.49. The standard InChI is InChI=1S/C23H34N2O5/c1-6-29-23(28)18-9-11-25(12-10-18)21(26)14-24(5)22(27)15-30-19-7-8-20(16(2)3)17(4)13-19/h7-8,13,16,18H,6,9-12,14-15H2,1-5H3. The fraction of sp³-hybridized carbons (Fsp3) is 0.609. The minimum Gasteiger partial charge on any atom is -0.484 e. The average molecular weight is 419 g/mol. The second-order valence-corrected chi connectivity index (χ2v) is 8.12. The van der Waals surface area contributed by atoms with Gasteiger partial charge in [0.15, 0.2) is 6.61 Å². The fourth-order valence-corrected chi connectivity index (χ4v) is 3.66. The number of rotatable bonds is 8. The highest BCUT2D eigenvalue weighted by molar-refractivity contribution is 5.85. The van der Waals surface area contributed by atoms with Gasteiger partial charge in [0, 0.05) is 20.1 Å². The lowest BCUT2D eigenvalue weighted by Gasteiger charge is -2.32. The highest BCUT2D eigenvalue weighted by Gasteiger charge is 2.29. The summed E-state index contributed by atoms with van der Waals surface area (Å²) in [5, 5.41) is 0. The molecule has 30 heavy (non-hydrogen) atoms. The first-order valence-electron chi connectivity index (χ1n) is 10.6. The van der Waals surface area contributed by atoms with Crippen LogP contribution in [0.1, 0.15) is 50.7 Å². The Bertz CT molecular complexity index is 754. The van der Waals surface area contributed by atoms with Crippen molar-refractivity contribution in [2.45, 2.75) is 46.5 Å². The van der Waals surface area contributed by atoms with Crippen molar-refractivity contribution in [2.24, 2.45) is 5.92 Å². The van der Waals surface area contributed by atoms with Gasteiger partial charge in [-0.3, -0.25) is 14.4 Å². The van der Waals surface area contributed by atoms with E-state index in [4.69, 9.17) is 9.47 Å². The third-order valence-corrected chi connectivity index (χ3v) is 5.49. The van der Waals surface area contributed by atoms with Gasteiger partial charge in [0.1, 0.15) is 5.75 Å². The SMILES string of the molecule is CCOC(=O)C1CCN(C(=O)CN(C)C(=O)COc2ccc(C(C)C)c(C)c2)CC1. The van der Waals surface area contributed by atoms with Gasteiger partial charge in [-0.2, -0.15) is 0 Å². The Kier molecular flexibility index (Phi) is 8.69. The van der Waals surface area contributed by atoms with Crippen molar-refractivity contribution in [2.75, 3.05) is 39.9 Å². The molecular formula is C23H34N2O5. The van der Waals surface area contributed by atoms with Crippen LogP contribution in [-0.2, 0) is 19.1 Å². The van der Waals surface area contributed by atoms with Crippen LogP contribution in [0.4, 0.5) is 0 Å². The van der Waals surface area contributed by atoms with Gasteiger partial charge in [0.05, 0.1) is 19.1 Å². The zero-order valence-corrected chi connectivity index (χ0v) is 18.8. The molecule has 1 heterocycles. The number of amides is 2. The molecule has 7 heteroatoms. The molecule has 0 bridgehead atoms. The van der Waals surface area contributed by atoms with Crippen LogP contribution >= 0.6 is 0 Å². The van der Waals surface area contributed by atoms with Crippen molar-refractivity contribution in [3.63, 3.8) is 0 Å². The Labute approximate surface area is 179 Å².